The number of hydrogen-bond acceptors (Lipinski definition) is 4. The van der Waals surface area contributed by atoms with Gasteiger partial charge >= 0.3 is 0 Å². The fraction of sp³-hybridized carbons (Fsp3) is 0. The third-order valence-corrected chi connectivity index (χ3v) is 11.8. The summed E-state index contributed by atoms with van der Waals surface area (Å²) in [7, 11) is 0. The predicted molar refractivity (Wildman–Crippen MR) is 232 cm³/mol. The Morgan fingerprint density at radius 2 is 0.782 bits per heavy atom. The Morgan fingerprint density at radius 3 is 1.42 bits per heavy atom. The summed E-state index contributed by atoms with van der Waals surface area (Å²) in [4.78, 5) is 15.1. The van der Waals surface area contributed by atoms with Gasteiger partial charge in [0, 0.05) is 36.9 Å². The number of hydrogen-bond donors (Lipinski definition) is 0. The Hall–Kier alpha value is -7.01. The van der Waals surface area contributed by atoms with Crippen molar-refractivity contribution >= 4 is 63.8 Å². The van der Waals surface area contributed by atoms with Gasteiger partial charge in [-0.15, -0.1) is 11.3 Å². The molecule has 0 unspecified atom stereocenters. The maximum atomic E-state index is 5.08. The molecule has 0 fully saturated rings. The van der Waals surface area contributed by atoms with Gasteiger partial charge in [-0.25, -0.2) is 15.0 Å². The van der Waals surface area contributed by atoms with Crippen LogP contribution in [-0.2, 0) is 0 Å². The van der Waals surface area contributed by atoms with E-state index in [0.717, 1.165) is 22.3 Å². The zero-order valence-corrected chi connectivity index (χ0v) is 30.5. The molecule has 0 bridgehead atoms. The van der Waals surface area contributed by atoms with Crippen molar-refractivity contribution in [1.29, 1.82) is 0 Å². The van der Waals surface area contributed by atoms with Crippen molar-refractivity contribution in [3.05, 3.63) is 188 Å². The summed E-state index contributed by atoms with van der Waals surface area (Å²) >= 11 is 1.85. The van der Waals surface area contributed by atoms with Crippen LogP contribution in [0.5, 0.6) is 0 Å². The summed E-state index contributed by atoms with van der Waals surface area (Å²) in [6, 6.07) is 67.0. The molecular weight excluding hydrogens is 687 g/mol. The smallest absolute Gasteiger partial charge is 0.164 e. The van der Waals surface area contributed by atoms with Crippen molar-refractivity contribution in [2.24, 2.45) is 0 Å². The molecule has 0 aliphatic heterocycles. The van der Waals surface area contributed by atoms with Crippen LogP contribution in [0.4, 0.5) is 0 Å². The minimum Gasteiger partial charge on any atom is -0.208 e. The first kappa shape index (κ1) is 31.5. The SMILES string of the molecule is c1ccc(-c2nc(-c3ccccc3)nc(-c3cccc(-c4c(-c5ccc6c7ccccc7c7ccccc7c6c5)ccc5sc6ccccc6c45)c3)n2)cc1. The zero-order chi connectivity index (χ0) is 36.3. The van der Waals surface area contributed by atoms with Crippen LogP contribution in [0.25, 0.3) is 109 Å². The first-order valence-electron chi connectivity index (χ1n) is 18.5. The first-order chi connectivity index (χ1) is 27.3. The molecule has 11 rings (SSSR count). The van der Waals surface area contributed by atoms with Crippen LogP contribution >= 0.6 is 11.3 Å². The van der Waals surface area contributed by atoms with Crippen molar-refractivity contribution < 1.29 is 0 Å². The van der Waals surface area contributed by atoms with Crippen LogP contribution in [0.15, 0.2) is 188 Å². The first-order valence-corrected chi connectivity index (χ1v) is 19.3. The fourth-order valence-corrected chi connectivity index (χ4v) is 9.30. The van der Waals surface area contributed by atoms with Crippen molar-refractivity contribution in [2.75, 3.05) is 0 Å². The van der Waals surface area contributed by atoms with E-state index < -0.39 is 0 Å². The van der Waals surface area contributed by atoms with E-state index in [1.54, 1.807) is 0 Å². The Labute approximate surface area is 321 Å². The number of fused-ring (bicyclic) bond motifs is 9. The Bertz CT molecular complexity index is 3170. The second-order valence-electron chi connectivity index (χ2n) is 13.9. The van der Waals surface area contributed by atoms with Crippen LogP contribution < -0.4 is 0 Å². The van der Waals surface area contributed by atoms with Gasteiger partial charge in [0.1, 0.15) is 0 Å². The van der Waals surface area contributed by atoms with E-state index in [9.17, 15) is 0 Å². The Kier molecular flexibility index (Phi) is 7.35. The molecule has 0 N–H and O–H groups in total. The third-order valence-electron chi connectivity index (χ3n) is 10.7. The van der Waals surface area contributed by atoms with Gasteiger partial charge in [0.2, 0.25) is 0 Å². The molecule has 0 atom stereocenters. The van der Waals surface area contributed by atoms with Crippen molar-refractivity contribution in [2.45, 2.75) is 0 Å². The Morgan fingerprint density at radius 1 is 0.291 bits per heavy atom. The van der Waals surface area contributed by atoms with Gasteiger partial charge in [0.15, 0.2) is 17.5 Å². The van der Waals surface area contributed by atoms with E-state index in [2.05, 4.69) is 152 Å². The van der Waals surface area contributed by atoms with Gasteiger partial charge in [0.05, 0.1) is 0 Å². The normalized spacial score (nSPS) is 11.6. The summed E-state index contributed by atoms with van der Waals surface area (Å²) in [5.41, 5.74) is 7.55. The van der Waals surface area contributed by atoms with Gasteiger partial charge in [-0.3, -0.25) is 0 Å². The predicted octanol–water partition coefficient (Wildman–Crippen LogP) is 14.0. The van der Waals surface area contributed by atoms with Crippen LogP contribution in [0.2, 0.25) is 0 Å². The molecule has 256 valence electrons. The molecule has 0 saturated carbocycles. The van der Waals surface area contributed by atoms with Gasteiger partial charge in [-0.1, -0.05) is 164 Å². The number of aromatic nitrogens is 3. The van der Waals surface area contributed by atoms with Gasteiger partial charge in [-0.05, 0) is 78.8 Å². The molecule has 3 nitrogen and oxygen atoms in total. The van der Waals surface area contributed by atoms with Gasteiger partial charge < -0.3 is 0 Å². The number of rotatable bonds is 5. The maximum absolute atomic E-state index is 5.08. The zero-order valence-electron chi connectivity index (χ0n) is 29.6. The molecule has 2 heterocycles. The molecule has 11 aromatic rings. The van der Waals surface area contributed by atoms with E-state index in [0.29, 0.717) is 17.5 Å². The molecule has 0 radical (unpaired) electrons. The topological polar surface area (TPSA) is 38.7 Å². The molecule has 9 aromatic carbocycles. The summed E-state index contributed by atoms with van der Waals surface area (Å²) < 4.78 is 2.54. The van der Waals surface area contributed by atoms with Crippen LogP contribution in [0.1, 0.15) is 0 Å². The molecule has 0 aliphatic rings. The summed E-state index contributed by atoms with van der Waals surface area (Å²) in [6.45, 7) is 0. The molecule has 2 aromatic heterocycles. The monoisotopic (exact) mass is 717 g/mol. The van der Waals surface area contributed by atoms with Gasteiger partial charge in [-0.2, -0.15) is 0 Å². The standard InChI is InChI=1S/C51H31N3S/c1-3-14-32(15-4-1)49-52-50(33-16-5-2-6-17-33)54-51(53-49)36-19-13-18-35(30-36)47-37(28-29-46-48(47)43-24-11-12-25-45(43)55-46)34-26-27-42-40-22-8-7-20-38(40)39-21-9-10-23-41(39)44(42)31-34/h1-31H. The molecular formula is C51H31N3S. The van der Waals surface area contributed by atoms with E-state index in [1.807, 2.05) is 47.7 Å². The molecule has 55 heavy (non-hydrogen) atoms. The average molecular weight is 718 g/mol. The highest BCUT2D eigenvalue weighted by Gasteiger charge is 2.19. The lowest BCUT2D eigenvalue weighted by Crippen LogP contribution is -2.00. The lowest BCUT2D eigenvalue weighted by Gasteiger charge is -2.16. The highest BCUT2D eigenvalue weighted by Crippen LogP contribution is 2.46. The second kappa shape index (κ2) is 12.8. The summed E-state index contributed by atoms with van der Waals surface area (Å²) in [5, 5.41) is 10.2. The Balaban J connectivity index is 1.16. The van der Waals surface area contributed by atoms with Crippen molar-refractivity contribution in [1.82, 2.24) is 15.0 Å². The minimum absolute atomic E-state index is 0.641. The number of benzene rings is 9. The van der Waals surface area contributed by atoms with E-state index >= 15 is 0 Å². The molecule has 0 amide bonds. The van der Waals surface area contributed by atoms with Gasteiger partial charge in [0.25, 0.3) is 0 Å². The molecule has 0 saturated heterocycles. The highest BCUT2D eigenvalue weighted by atomic mass is 32.1. The quantitative estimate of drug-likeness (QED) is 0.166. The third kappa shape index (κ3) is 5.30. The van der Waals surface area contributed by atoms with Crippen LogP contribution in [0, 0.1) is 0 Å². The van der Waals surface area contributed by atoms with E-state index in [4.69, 9.17) is 15.0 Å². The number of nitrogens with zero attached hydrogens (tertiary/aromatic N) is 3. The fourth-order valence-electron chi connectivity index (χ4n) is 8.18. The molecule has 0 spiro atoms. The van der Waals surface area contributed by atoms with E-state index in [-0.39, 0.29) is 0 Å². The summed E-state index contributed by atoms with van der Waals surface area (Å²) in [6.07, 6.45) is 0. The van der Waals surface area contributed by atoms with Crippen LogP contribution in [-0.4, -0.2) is 15.0 Å². The largest absolute Gasteiger partial charge is 0.208 e. The van der Waals surface area contributed by atoms with Crippen molar-refractivity contribution in [3.8, 4) is 56.4 Å². The number of thiophene rings is 1. The van der Waals surface area contributed by atoms with E-state index in [1.165, 1.54) is 69.2 Å². The van der Waals surface area contributed by atoms with Crippen molar-refractivity contribution in [3.63, 3.8) is 0 Å². The molecule has 0 aliphatic carbocycles. The van der Waals surface area contributed by atoms with Crippen LogP contribution in [0.3, 0.4) is 0 Å². The second-order valence-corrected chi connectivity index (χ2v) is 15.0. The highest BCUT2D eigenvalue weighted by molar-refractivity contribution is 7.26. The molecule has 4 heteroatoms. The lowest BCUT2D eigenvalue weighted by atomic mass is 9.87. The summed E-state index contributed by atoms with van der Waals surface area (Å²) in [5.74, 6) is 1.94. The maximum Gasteiger partial charge on any atom is 0.164 e. The average Bonchev–Trinajstić information content (AvgIpc) is 3.65. The lowest BCUT2D eigenvalue weighted by molar-refractivity contribution is 1.07. The minimum atomic E-state index is 0.641.